The summed E-state index contributed by atoms with van der Waals surface area (Å²) in [7, 11) is 0. The fourth-order valence-electron chi connectivity index (χ4n) is 2.77. The fraction of sp³-hybridized carbons (Fsp3) is 0.263. The zero-order valence-corrected chi connectivity index (χ0v) is 15.6. The second kappa shape index (κ2) is 8.01. The van der Waals surface area contributed by atoms with Crippen LogP contribution >= 0.6 is 23.4 Å². The van der Waals surface area contributed by atoms with Crippen molar-refractivity contribution in [3.05, 3.63) is 58.6 Å². The van der Waals surface area contributed by atoms with Crippen LogP contribution in [0.4, 0.5) is 0 Å². The molecule has 26 heavy (non-hydrogen) atoms. The topological polar surface area (TPSA) is 75.6 Å². The first-order chi connectivity index (χ1) is 12.5. The first-order valence-electron chi connectivity index (χ1n) is 8.18. The van der Waals surface area contributed by atoms with Gasteiger partial charge in [0.1, 0.15) is 11.0 Å². The highest BCUT2D eigenvalue weighted by atomic mass is 35.5. The predicted molar refractivity (Wildman–Crippen MR) is 101 cm³/mol. The maximum Gasteiger partial charge on any atom is 0.316 e. The number of hydrogen-bond acceptors (Lipinski definition) is 4. The van der Waals surface area contributed by atoms with Gasteiger partial charge < -0.3 is 15.2 Å². The van der Waals surface area contributed by atoms with E-state index in [9.17, 15) is 9.59 Å². The summed E-state index contributed by atoms with van der Waals surface area (Å²) in [4.78, 5) is 24.6. The second-order valence-corrected chi connectivity index (χ2v) is 7.71. The number of rotatable bonds is 5. The van der Waals surface area contributed by atoms with Gasteiger partial charge in [-0.05, 0) is 25.1 Å². The van der Waals surface area contributed by atoms with Crippen LogP contribution in [0.3, 0.4) is 0 Å². The van der Waals surface area contributed by atoms with E-state index < -0.39 is 11.2 Å². The van der Waals surface area contributed by atoms with Crippen LogP contribution in [0.25, 0.3) is 0 Å². The number of hydrogen-bond donors (Lipinski definition) is 2. The molecule has 5 nitrogen and oxygen atoms in total. The van der Waals surface area contributed by atoms with Gasteiger partial charge in [0.2, 0.25) is 0 Å². The molecule has 0 fully saturated rings. The third-order valence-corrected chi connectivity index (χ3v) is 5.58. The molecule has 136 valence electrons. The molecule has 0 saturated heterocycles. The van der Waals surface area contributed by atoms with Crippen LogP contribution in [-0.2, 0) is 4.79 Å². The van der Waals surface area contributed by atoms with Gasteiger partial charge in [-0.3, -0.25) is 9.59 Å². The van der Waals surface area contributed by atoms with E-state index in [0.717, 1.165) is 17.3 Å². The SMILES string of the molecule is CC(Sc1ccccc1C(=O)NC1CCOc2c(Cl)cccc21)C(=O)O. The van der Waals surface area contributed by atoms with Crippen LogP contribution in [0.2, 0.25) is 5.02 Å². The van der Waals surface area contributed by atoms with E-state index in [1.807, 2.05) is 12.1 Å². The van der Waals surface area contributed by atoms with Crippen molar-refractivity contribution in [3.8, 4) is 5.75 Å². The van der Waals surface area contributed by atoms with Crippen molar-refractivity contribution in [2.45, 2.75) is 29.5 Å². The van der Waals surface area contributed by atoms with Gasteiger partial charge in [0, 0.05) is 16.9 Å². The van der Waals surface area contributed by atoms with E-state index in [-0.39, 0.29) is 11.9 Å². The molecule has 0 saturated carbocycles. The van der Waals surface area contributed by atoms with Gasteiger partial charge in [-0.25, -0.2) is 0 Å². The lowest BCUT2D eigenvalue weighted by atomic mass is 10.00. The molecule has 1 amide bonds. The van der Waals surface area contributed by atoms with Gasteiger partial charge in [0.05, 0.1) is 23.2 Å². The van der Waals surface area contributed by atoms with Crippen molar-refractivity contribution in [2.75, 3.05) is 6.61 Å². The van der Waals surface area contributed by atoms with Crippen molar-refractivity contribution in [2.24, 2.45) is 0 Å². The Kier molecular flexibility index (Phi) is 5.74. The van der Waals surface area contributed by atoms with Crippen molar-refractivity contribution in [1.29, 1.82) is 0 Å². The molecule has 0 aliphatic carbocycles. The van der Waals surface area contributed by atoms with Gasteiger partial charge in [-0.2, -0.15) is 0 Å². The summed E-state index contributed by atoms with van der Waals surface area (Å²) in [5, 5.41) is 12.0. The molecule has 0 radical (unpaired) electrons. The summed E-state index contributed by atoms with van der Waals surface area (Å²) in [5.41, 5.74) is 1.31. The zero-order valence-electron chi connectivity index (χ0n) is 14.1. The molecule has 0 bridgehead atoms. The van der Waals surface area contributed by atoms with E-state index >= 15 is 0 Å². The van der Waals surface area contributed by atoms with Gasteiger partial charge in [0.15, 0.2) is 0 Å². The number of carbonyl (C=O) groups is 2. The number of carboxylic acid groups (broad SMARTS) is 1. The molecule has 3 rings (SSSR count). The summed E-state index contributed by atoms with van der Waals surface area (Å²) >= 11 is 7.33. The number of ether oxygens (including phenoxy) is 1. The van der Waals surface area contributed by atoms with Gasteiger partial charge in [0.25, 0.3) is 5.91 Å². The molecule has 2 atom stereocenters. The zero-order chi connectivity index (χ0) is 18.7. The number of benzene rings is 2. The Bertz CT molecular complexity index is 842. The normalized spacial score (nSPS) is 16.9. The Morgan fingerprint density at radius 1 is 1.27 bits per heavy atom. The van der Waals surface area contributed by atoms with E-state index in [2.05, 4.69) is 5.32 Å². The molecule has 0 spiro atoms. The van der Waals surface area contributed by atoms with Crippen molar-refractivity contribution in [3.63, 3.8) is 0 Å². The maximum absolute atomic E-state index is 12.8. The Morgan fingerprint density at radius 3 is 2.81 bits per heavy atom. The smallest absolute Gasteiger partial charge is 0.316 e. The largest absolute Gasteiger partial charge is 0.492 e. The minimum atomic E-state index is -0.918. The van der Waals surface area contributed by atoms with Crippen LogP contribution in [0, 0.1) is 0 Å². The molecule has 2 unspecified atom stereocenters. The number of carboxylic acids is 1. The Balaban J connectivity index is 1.82. The Labute approximate surface area is 160 Å². The highest BCUT2D eigenvalue weighted by molar-refractivity contribution is 8.00. The Hall–Kier alpha value is -2.18. The summed E-state index contributed by atoms with van der Waals surface area (Å²) in [5.74, 6) is -0.561. The van der Waals surface area contributed by atoms with E-state index in [0.29, 0.717) is 34.3 Å². The minimum Gasteiger partial charge on any atom is -0.492 e. The first kappa shape index (κ1) is 18.6. The van der Waals surface area contributed by atoms with Crippen molar-refractivity contribution in [1.82, 2.24) is 5.32 Å². The van der Waals surface area contributed by atoms with Gasteiger partial charge >= 0.3 is 5.97 Å². The number of carbonyl (C=O) groups excluding carboxylic acids is 1. The number of halogens is 1. The number of nitrogens with one attached hydrogen (secondary N) is 1. The lowest BCUT2D eigenvalue weighted by molar-refractivity contribution is -0.136. The van der Waals surface area contributed by atoms with Crippen LogP contribution in [-0.4, -0.2) is 28.8 Å². The van der Waals surface area contributed by atoms with E-state index in [1.165, 1.54) is 0 Å². The lowest BCUT2D eigenvalue weighted by Crippen LogP contribution is -2.32. The fourth-order valence-corrected chi connectivity index (χ4v) is 3.93. The third kappa shape index (κ3) is 3.97. The van der Waals surface area contributed by atoms with Gasteiger partial charge in [-0.1, -0.05) is 35.9 Å². The molecular formula is C19H18ClNO4S. The molecular weight excluding hydrogens is 374 g/mol. The second-order valence-electron chi connectivity index (χ2n) is 5.92. The van der Waals surface area contributed by atoms with Crippen molar-refractivity contribution >= 4 is 35.2 Å². The summed E-state index contributed by atoms with van der Waals surface area (Å²) in [6, 6.07) is 12.3. The highest BCUT2D eigenvalue weighted by Gasteiger charge is 2.26. The standard InChI is InChI=1S/C19H18ClNO4S/c1-11(19(23)24)26-16-8-3-2-5-13(16)18(22)21-15-9-10-25-17-12(15)6-4-7-14(17)20/h2-8,11,15H,9-10H2,1H3,(H,21,22)(H,23,24). The average Bonchev–Trinajstić information content (AvgIpc) is 2.63. The monoisotopic (exact) mass is 391 g/mol. The molecule has 1 aliphatic heterocycles. The van der Waals surface area contributed by atoms with Crippen LogP contribution in [0.1, 0.15) is 35.3 Å². The Morgan fingerprint density at radius 2 is 2.04 bits per heavy atom. The maximum atomic E-state index is 12.8. The van der Waals surface area contributed by atoms with Gasteiger partial charge in [-0.15, -0.1) is 11.8 Å². The summed E-state index contributed by atoms with van der Waals surface area (Å²) < 4.78 is 5.62. The van der Waals surface area contributed by atoms with Crippen molar-refractivity contribution < 1.29 is 19.4 Å². The molecule has 1 aliphatic rings. The number of amides is 1. The van der Waals surface area contributed by atoms with E-state index in [1.54, 1.807) is 37.3 Å². The number of aliphatic carboxylic acids is 1. The molecule has 1 heterocycles. The summed E-state index contributed by atoms with van der Waals surface area (Å²) in [6.07, 6.45) is 0.639. The third-order valence-electron chi connectivity index (χ3n) is 4.11. The molecule has 7 heteroatoms. The lowest BCUT2D eigenvalue weighted by Gasteiger charge is -2.27. The molecule has 2 aromatic rings. The summed E-state index contributed by atoms with van der Waals surface area (Å²) in [6.45, 7) is 2.06. The number of para-hydroxylation sites is 1. The number of fused-ring (bicyclic) bond motifs is 1. The van der Waals surface area contributed by atoms with Crippen LogP contribution in [0.5, 0.6) is 5.75 Å². The minimum absolute atomic E-state index is 0.208. The quantitative estimate of drug-likeness (QED) is 0.748. The molecule has 0 aromatic heterocycles. The van der Waals surface area contributed by atoms with Crippen LogP contribution < -0.4 is 10.1 Å². The highest BCUT2D eigenvalue weighted by Crippen LogP contribution is 2.37. The van der Waals surface area contributed by atoms with Crippen LogP contribution in [0.15, 0.2) is 47.4 Å². The first-order valence-corrected chi connectivity index (χ1v) is 9.43. The number of thioether (sulfide) groups is 1. The molecule has 2 aromatic carbocycles. The predicted octanol–water partition coefficient (Wildman–Crippen LogP) is 4.16. The molecule has 2 N–H and O–H groups in total. The van der Waals surface area contributed by atoms with E-state index in [4.69, 9.17) is 21.4 Å². The average molecular weight is 392 g/mol.